The highest BCUT2D eigenvalue weighted by molar-refractivity contribution is 7.09. The number of nitrogens with zero attached hydrogens (tertiary/aromatic N) is 1. The second kappa shape index (κ2) is 12.8. The molecule has 1 rings (SSSR count). The second-order valence-corrected chi connectivity index (χ2v) is 8.60. The Morgan fingerprint density at radius 1 is 1.33 bits per heavy atom. The molecule has 1 amide bonds. The van der Waals surface area contributed by atoms with E-state index < -0.39 is 36.2 Å². The van der Waals surface area contributed by atoms with Gasteiger partial charge in [-0.2, -0.15) is 0 Å². The number of amides is 1. The van der Waals surface area contributed by atoms with E-state index in [-0.39, 0.29) is 19.4 Å². The van der Waals surface area contributed by atoms with Crippen LogP contribution in [0, 0.1) is 0 Å². The van der Waals surface area contributed by atoms with E-state index in [0.717, 1.165) is 23.5 Å². The van der Waals surface area contributed by atoms with Crippen LogP contribution in [-0.2, 0) is 16.6 Å². The first-order valence-electron chi connectivity index (χ1n) is 9.96. The summed E-state index contributed by atoms with van der Waals surface area (Å²) in [6.45, 7) is 6.48. The molecule has 1 heterocycles. The van der Waals surface area contributed by atoms with Crippen molar-refractivity contribution in [3.63, 3.8) is 0 Å². The summed E-state index contributed by atoms with van der Waals surface area (Å²) < 4.78 is 0. The molecular weight excluding hydrogens is 404 g/mol. The molecule has 0 bridgehead atoms. The molecule has 0 aliphatic rings. The first kappa shape index (κ1) is 26.2. The van der Waals surface area contributed by atoms with Crippen LogP contribution in [0.5, 0.6) is 0 Å². The quantitative estimate of drug-likeness (QED) is 0.281. The third-order valence-corrected chi connectivity index (χ3v) is 6.05. The Morgan fingerprint density at radius 2 is 2.07 bits per heavy atom. The summed E-state index contributed by atoms with van der Waals surface area (Å²) in [5, 5.41) is 44.5. The van der Waals surface area contributed by atoms with Gasteiger partial charge in [-0.1, -0.05) is 44.2 Å². The summed E-state index contributed by atoms with van der Waals surface area (Å²) in [4.78, 5) is 15.7. The number of carbonyl (C=O) groups is 1. The summed E-state index contributed by atoms with van der Waals surface area (Å²) in [6.07, 6.45) is 10.2. The molecule has 0 fully saturated rings. The molecule has 30 heavy (non-hydrogen) atoms. The molecular formula is C22H34N2O5S. The van der Waals surface area contributed by atoms with Crippen molar-refractivity contribution in [2.24, 2.45) is 0 Å². The van der Waals surface area contributed by atoms with Crippen molar-refractivity contribution < 1.29 is 25.2 Å². The number of allylic oxidation sites excluding steroid dienone is 3. The fourth-order valence-corrected chi connectivity index (χ4v) is 3.64. The van der Waals surface area contributed by atoms with Crippen molar-refractivity contribution in [3.8, 4) is 0 Å². The monoisotopic (exact) mass is 438 g/mol. The smallest absolute Gasteiger partial charge is 0.245 e. The fraction of sp³-hybridized carbons (Fsp3) is 0.545. The van der Waals surface area contributed by atoms with Crippen LogP contribution in [0.3, 0.4) is 0 Å². The average Bonchev–Trinajstić information content (AvgIpc) is 3.20. The zero-order valence-electron chi connectivity index (χ0n) is 17.8. The maximum absolute atomic E-state index is 11.1. The Kier molecular flexibility index (Phi) is 11.1. The first-order valence-corrected chi connectivity index (χ1v) is 10.8. The second-order valence-electron chi connectivity index (χ2n) is 7.74. The highest BCUT2D eigenvalue weighted by Crippen LogP contribution is 2.32. The Labute approximate surface area is 182 Å². The van der Waals surface area contributed by atoms with Gasteiger partial charge in [-0.3, -0.25) is 4.79 Å². The Balaban J connectivity index is 2.66. The van der Waals surface area contributed by atoms with Crippen LogP contribution in [0.2, 0.25) is 0 Å². The molecule has 168 valence electrons. The average molecular weight is 439 g/mol. The van der Waals surface area contributed by atoms with Crippen LogP contribution >= 0.6 is 11.3 Å². The van der Waals surface area contributed by atoms with Crippen molar-refractivity contribution in [3.05, 3.63) is 53.0 Å². The summed E-state index contributed by atoms with van der Waals surface area (Å²) >= 11 is 1.51. The van der Waals surface area contributed by atoms with Gasteiger partial charge in [0, 0.05) is 23.8 Å². The minimum atomic E-state index is -1.52. The summed E-state index contributed by atoms with van der Waals surface area (Å²) in [5.74, 6) is -0.546. The van der Waals surface area contributed by atoms with Crippen molar-refractivity contribution in [1.29, 1.82) is 0 Å². The molecule has 8 heteroatoms. The molecule has 0 aliphatic carbocycles. The molecule has 0 saturated carbocycles. The number of aliphatic hydroxyl groups excluding tert-OH is 3. The number of aliphatic hydroxyl groups is 4. The van der Waals surface area contributed by atoms with Gasteiger partial charge in [-0.15, -0.1) is 17.9 Å². The van der Waals surface area contributed by atoms with Crippen LogP contribution < -0.4 is 5.32 Å². The number of rotatable bonds is 14. The SMILES string of the molecule is C=CC/C=C\Cc1csc(C(C)(C)[C@@H](O)C/C=C/C(O)(CO)CCNC(=O)CO)n1. The van der Waals surface area contributed by atoms with Crippen molar-refractivity contribution in [1.82, 2.24) is 10.3 Å². The van der Waals surface area contributed by atoms with Gasteiger partial charge in [-0.05, 0) is 19.3 Å². The predicted octanol–water partition coefficient (Wildman–Crippen LogP) is 1.62. The van der Waals surface area contributed by atoms with Gasteiger partial charge >= 0.3 is 0 Å². The van der Waals surface area contributed by atoms with Crippen LogP contribution in [0.15, 0.2) is 42.3 Å². The van der Waals surface area contributed by atoms with Crippen molar-refractivity contribution >= 4 is 17.2 Å². The van der Waals surface area contributed by atoms with E-state index >= 15 is 0 Å². The maximum atomic E-state index is 11.1. The largest absolute Gasteiger partial charge is 0.393 e. The van der Waals surface area contributed by atoms with Gasteiger partial charge in [0.2, 0.25) is 5.91 Å². The third kappa shape index (κ3) is 8.49. The van der Waals surface area contributed by atoms with Gasteiger partial charge in [-0.25, -0.2) is 4.98 Å². The molecule has 0 spiro atoms. The number of aromatic nitrogens is 1. The van der Waals surface area contributed by atoms with Gasteiger partial charge in [0.15, 0.2) is 0 Å². The van der Waals surface area contributed by atoms with E-state index in [4.69, 9.17) is 5.11 Å². The maximum Gasteiger partial charge on any atom is 0.245 e. The topological polar surface area (TPSA) is 123 Å². The molecule has 1 aromatic rings. The van der Waals surface area contributed by atoms with E-state index in [0.29, 0.717) is 0 Å². The molecule has 0 aromatic carbocycles. The standard InChI is InChI=1S/C22H34N2O5S/c1-4-5-6-7-9-17-15-30-20(24-17)21(2,3)18(27)10-8-11-22(29,16-26)12-13-23-19(28)14-25/h4,6-8,11,15,18,25-27,29H,1,5,9-10,12-14,16H2,2-3H3,(H,23,28)/b7-6-,11-8+/t18-,22?/m0/s1. The lowest BCUT2D eigenvalue weighted by atomic mass is 9.85. The van der Waals surface area contributed by atoms with Crippen molar-refractivity contribution in [2.75, 3.05) is 19.8 Å². The Morgan fingerprint density at radius 3 is 2.70 bits per heavy atom. The molecule has 7 nitrogen and oxygen atoms in total. The lowest BCUT2D eigenvalue weighted by Crippen LogP contribution is -2.37. The van der Waals surface area contributed by atoms with E-state index in [1.54, 1.807) is 6.08 Å². The number of hydrogen-bond acceptors (Lipinski definition) is 7. The molecule has 5 N–H and O–H groups in total. The molecule has 2 atom stereocenters. The molecule has 0 saturated heterocycles. The molecule has 1 unspecified atom stereocenters. The van der Waals surface area contributed by atoms with Crippen LogP contribution in [0.25, 0.3) is 0 Å². The Hall–Kier alpha value is -1.84. The predicted molar refractivity (Wildman–Crippen MR) is 119 cm³/mol. The minimum absolute atomic E-state index is 0.0838. The van der Waals surface area contributed by atoms with Gasteiger partial charge in [0.1, 0.15) is 17.2 Å². The fourth-order valence-electron chi connectivity index (χ4n) is 2.64. The number of nitrogens with one attached hydrogen (secondary N) is 1. The van der Waals surface area contributed by atoms with E-state index in [1.807, 2.05) is 37.5 Å². The number of thiazole rings is 1. The van der Waals surface area contributed by atoms with Crippen LogP contribution in [0.4, 0.5) is 0 Å². The van der Waals surface area contributed by atoms with Crippen LogP contribution in [0.1, 0.15) is 43.8 Å². The van der Waals surface area contributed by atoms with Crippen molar-refractivity contribution in [2.45, 2.75) is 56.7 Å². The first-order chi connectivity index (χ1) is 14.2. The molecule has 0 radical (unpaired) electrons. The Bertz CT molecular complexity index is 729. The highest BCUT2D eigenvalue weighted by Gasteiger charge is 2.32. The summed E-state index contributed by atoms with van der Waals surface area (Å²) in [5.41, 5.74) is -1.14. The van der Waals surface area contributed by atoms with Gasteiger partial charge < -0.3 is 25.7 Å². The van der Waals surface area contributed by atoms with Gasteiger partial charge in [0.05, 0.1) is 18.4 Å². The normalized spacial score (nSPS) is 15.4. The number of hydrogen-bond donors (Lipinski definition) is 5. The number of carbonyl (C=O) groups excluding carboxylic acids is 1. The lowest BCUT2D eigenvalue weighted by molar-refractivity contribution is -0.124. The third-order valence-electron chi connectivity index (χ3n) is 4.82. The van der Waals surface area contributed by atoms with Crippen LogP contribution in [-0.4, -0.2) is 62.8 Å². The molecule has 1 aromatic heterocycles. The lowest BCUT2D eigenvalue weighted by Gasteiger charge is -2.28. The highest BCUT2D eigenvalue weighted by atomic mass is 32.1. The zero-order valence-corrected chi connectivity index (χ0v) is 18.6. The summed E-state index contributed by atoms with van der Waals surface area (Å²) in [6, 6.07) is 0. The van der Waals surface area contributed by atoms with E-state index in [9.17, 15) is 20.1 Å². The van der Waals surface area contributed by atoms with E-state index in [2.05, 4.69) is 16.9 Å². The zero-order chi connectivity index (χ0) is 22.6. The molecule has 0 aliphatic heterocycles. The summed E-state index contributed by atoms with van der Waals surface area (Å²) in [7, 11) is 0. The minimum Gasteiger partial charge on any atom is -0.393 e. The van der Waals surface area contributed by atoms with Gasteiger partial charge in [0.25, 0.3) is 0 Å². The van der Waals surface area contributed by atoms with E-state index in [1.165, 1.54) is 17.4 Å².